The van der Waals surface area contributed by atoms with E-state index < -0.39 is 0 Å². The van der Waals surface area contributed by atoms with E-state index in [1.165, 1.54) is 10.6 Å². The largest absolute Gasteiger partial charge is 0.241 e. The summed E-state index contributed by atoms with van der Waals surface area (Å²) in [5.74, 6) is 0. The smallest absolute Gasteiger partial charge is 0.205 e. The van der Waals surface area contributed by atoms with Gasteiger partial charge in [-0.2, -0.15) is 0 Å². The minimum atomic E-state index is 1.08. The van der Waals surface area contributed by atoms with Crippen LogP contribution in [0.15, 0.2) is 24.3 Å². The molecule has 0 spiro atoms. The fraction of sp³-hybridized carbons (Fsp3) is 0.222. The van der Waals surface area contributed by atoms with Crippen molar-refractivity contribution in [1.82, 2.24) is 0 Å². The average molecular weight is 132 g/mol. The van der Waals surface area contributed by atoms with Crippen LogP contribution in [-0.2, 0) is 0 Å². The van der Waals surface area contributed by atoms with Crippen molar-refractivity contribution in [3.05, 3.63) is 34.8 Å². The van der Waals surface area contributed by atoms with E-state index in [4.69, 9.17) is 0 Å². The van der Waals surface area contributed by atoms with Crippen LogP contribution >= 0.6 is 0 Å². The first-order valence-electron chi connectivity index (χ1n) is 3.63. The molecule has 1 aliphatic heterocycles. The quantitative estimate of drug-likeness (QED) is 0.445. The van der Waals surface area contributed by atoms with Gasteiger partial charge in [0.05, 0.1) is 0 Å². The van der Waals surface area contributed by atoms with Crippen molar-refractivity contribution in [3.63, 3.8) is 0 Å². The lowest BCUT2D eigenvalue weighted by Crippen LogP contribution is -2.81. The standard InChI is InChI=1S/C9H9N/c1-2-6-9-8(4-1)5-3-7-10-9/h1-2,4-6H,3,7H2/p+1. The van der Waals surface area contributed by atoms with Crippen molar-refractivity contribution in [1.29, 1.82) is 0 Å². The molecule has 0 saturated heterocycles. The number of hydrogen-bond acceptors (Lipinski definition) is 0. The van der Waals surface area contributed by atoms with E-state index in [2.05, 4.69) is 35.3 Å². The lowest BCUT2D eigenvalue weighted by Gasteiger charge is -1.91. The molecule has 1 aliphatic rings. The van der Waals surface area contributed by atoms with Crippen molar-refractivity contribution in [2.75, 3.05) is 6.54 Å². The minimum absolute atomic E-state index is 1.08. The number of fused-ring (bicyclic) bond motifs is 1. The second-order valence-electron chi connectivity index (χ2n) is 2.51. The van der Waals surface area contributed by atoms with Crippen LogP contribution in [0.25, 0.3) is 6.08 Å². The van der Waals surface area contributed by atoms with Gasteiger partial charge in [-0.15, -0.1) is 0 Å². The molecule has 1 nitrogen and oxygen atoms in total. The van der Waals surface area contributed by atoms with Gasteiger partial charge in [0, 0.05) is 17.7 Å². The SMILES string of the molecule is C1=c2ccccc2=[NH+]CC1. The van der Waals surface area contributed by atoms with Crippen LogP contribution < -0.4 is 15.6 Å². The molecule has 0 atom stereocenters. The second-order valence-corrected chi connectivity index (χ2v) is 2.51. The first-order chi connectivity index (χ1) is 4.97. The van der Waals surface area contributed by atoms with Gasteiger partial charge in [-0.3, -0.25) is 0 Å². The van der Waals surface area contributed by atoms with E-state index in [1.807, 2.05) is 0 Å². The van der Waals surface area contributed by atoms with Gasteiger partial charge in [0.15, 0.2) is 0 Å². The summed E-state index contributed by atoms with van der Waals surface area (Å²) in [6.45, 7) is 1.08. The predicted octanol–water partition coefficient (Wildman–Crippen LogP) is -1.43. The molecule has 0 amide bonds. The topological polar surface area (TPSA) is 14.0 Å². The Morgan fingerprint density at radius 3 is 3.00 bits per heavy atom. The third-order valence-corrected chi connectivity index (χ3v) is 1.78. The molecule has 1 aromatic rings. The van der Waals surface area contributed by atoms with E-state index in [1.54, 1.807) is 0 Å². The molecule has 0 radical (unpaired) electrons. The van der Waals surface area contributed by atoms with Crippen molar-refractivity contribution in [2.45, 2.75) is 6.42 Å². The van der Waals surface area contributed by atoms with Crippen LogP contribution in [0.3, 0.4) is 0 Å². The number of hydrogen-bond donors (Lipinski definition) is 1. The molecular formula is C9H10N+. The van der Waals surface area contributed by atoms with E-state index in [-0.39, 0.29) is 0 Å². The maximum Gasteiger partial charge on any atom is 0.205 e. The number of benzene rings is 1. The van der Waals surface area contributed by atoms with Gasteiger partial charge in [-0.05, 0) is 6.07 Å². The van der Waals surface area contributed by atoms with Gasteiger partial charge in [-0.1, -0.05) is 18.2 Å². The fourth-order valence-corrected chi connectivity index (χ4v) is 1.27. The van der Waals surface area contributed by atoms with Gasteiger partial charge in [0.1, 0.15) is 6.54 Å². The van der Waals surface area contributed by atoms with Crippen molar-refractivity contribution >= 4 is 6.08 Å². The predicted molar refractivity (Wildman–Crippen MR) is 39.7 cm³/mol. The number of nitrogens with one attached hydrogen (secondary N) is 1. The fourth-order valence-electron chi connectivity index (χ4n) is 1.27. The Kier molecular flexibility index (Phi) is 1.28. The highest BCUT2D eigenvalue weighted by atomic mass is 14.7. The van der Waals surface area contributed by atoms with Gasteiger partial charge in [-0.25, -0.2) is 4.99 Å². The summed E-state index contributed by atoms with van der Waals surface area (Å²) in [5, 5.41) is 2.61. The van der Waals surface area contributed by atoms with Crippen LogP contribution in [0.2, 0.25) is 0 Å². The Bertz CT molecular complexity index is 303. The maximum atomic E-state index is 3.33. The van der Waals surface area contributed by atoms with Gasteiger partial charge >= 0.3 is 0 Å². The zero-order chi connectivity index (χ0) is 6.81. The van der Waals surface area contributed by atoms with E-state index in [0.29, 0.717) is 0 Å². The lowest BCUT2D eigenvalue weighted by molar-refractivity contribution is -0.501. The van der Waals surface area contributed by atoms with E-state index in [9.17, 15) is 0 Å². The molecule has 0 unspecified atom stereocenters. The highest BCUT2D eigenvalue weighted by molar-refractivity contribution is 5.22. The summed E-state index contributed by atoms with van der Waals surface area (Å²) >= 11 is 0. The van der Waals surface area contributed by atoms with Crippen molar-refractivity contribution < 1.29 is 4.99 Å². The molecule has 0 saturated carbocycles. The van der Waals surface area contributed by atoms with Gasteiger partial charge < -0.3 is 0 Å². The summed E-state index contributed by atoms with van der Waals surface area (Å²) < 4.78 is 0. The zero-order valence-corrected chi connectivity index (χ0v) is 5.80. The highest BCUT2D eigenvalue weighted by Crippen LogP contribution is 1.75. The molecule has 1 heteroatoms. The summed E-state index contributed by atoms with van der Waals surface area (Å²) in [6, 6.07) is 8.39. The summed E-state index contributed by atoms with van der Waals surface area (Å²) in [6.07, 6.45) is 3.42. The Morgan fingerprint density at radius 2 is 2.10 bits per heavy atom. The van der Waals surface area contributed by atoms with E-state index in [0.717, 1.165) is 13.0 Å². The molecule has 0 aromatic heterocycles. The lowest BCUT2D eigenvalue weighted by atomic mass is 10.2. The summed E-state index contributed by atoms with van der Waals surface area (Å²) in [4.78, 5) is 3.33. The Hall–Kier alpha value is -1.11. The summed E-state index contributed by atoms with van der Waals surface area (Å²) in [5.41, 5.74) is 0. The molecule has 2 rings (SSSR count). The first-order valence-corrected chi connectivity index (χ1v) is 3.63. The van der Waals surface area contributed by atoms with Crippen LogP contribution in [0.5, 0.6) is 0 Å². The molecule has 50 valence electrons. The normalized spacial score (nSPS) is 14.8. The molecule has 1 N–H and O–H groups in total. The van der Waals surface area contributed by atoms with E-state index >= 15 is 0 Å². The Labute approximate surface area is 59.7 Å². The number of rotatable bonds is 0. The van der Waals surface area contributed by atoms with Crippen molar-refractivity contribution in [3.8, 4) is 0 Å². The van der Waals surface area contributed by atoms with Crippen LogP contribution in [0.1, 0.15) is 6.42 Å². The molecular weight excluding hydrogens is 122 g/mol. The number of para-hydroxylation sites is 1. The molecule has 0 aliphatic carbocycles. The Balaban J connectivity index is 2.84. The Morgan fingerprint density at radius 1 is 1.20 bits per heavy atom. The minimum Gasteiger partial charge on any atom is -0.241 e. The van der Waals surface area contributed by atoms with Crippen molar-refractivity contribution in [2.24, 2.45) is 0 Å². The zero-order valence-electron chi connectivity index (χ0n) is 5.80. The van der Waals surface area contributed by atoms with Crippen LogP contribution in [0.4, 0.5) is 0 Å². The second kappa shape index (κ2) is 2.25. The molecule has 0 fully saturated rings. The molecule has 0 bridgehead atoms. The third-order valence-electron chi connectivity index (χ3n) is 1.78. The molecule has 1 heterocycles. The molecule has 1 aromatic carbocycles. The summed E-state index contributed by atoms with van der Waals surface area (Å²) in [7, 11) is 0. The third kappa shape index (κ3) is 0.838. The first kappa shape index (κ1) is 5.66. The van der Waals surface area contributed by atoms with Gasteiger partial charge in [0.25, 0.3) is 0 Å². The average Bonchev–Trinajstić information content (AvgIpc) is 2.05. The van der Waals surface area contributed by atoms with Crippen LogP contribution in [-0.4, -0.2) is 6.54 Å². The maximum absolute atomic E-state index is 3.33. The highest BCUT2D eigenvalue weighted by Gasteiger charge is 1.95. The van der Waals surface area contributed by atoms with Crippen LogP contribution in [0, 0.1) is 0 Å². The van der Waals surface area contributed by atoms with Gasteiger partial charge in [0.2, 0.25) is 5.36 Å². The molecule has 10 heavy (non-hydrogen) atoms. The monoisotopic (exact) mass is 132 g/mol.